The first-order valence-corrected chi connectivity index (χ1v) is 6.44. The van der Waals surface area contributed by atoms with Gasteiger partial charge in [0.05, 0.1) is 11.3 Å². The zero-order valence-corrected chi connectivity index (χ0v) is 11.1. The SMILES string of the molecule is CC(=O)C1CCCN(c2cc(Cl)ccc2C#N)C1. The molecule has 1 aromatic carbocycles. The van der Waals surface area contributed by atoms with E-state index in [9.17, 15) is 4.79 Å². The molecule has 0 amide bonds. The van der Waals surface area contributed by atoms with Crippen LogP contribution >= 0.6 is 11.6 Å². The molecule has 1 atom stereocenters. The fraction of sp³-hybridized carbons (Fsp3) is 0.429. The first-order chi connectivity index (χ1) is 8.61. The Morgan fingerprint density at radius 1 is 1.56 bits per heavy atom. The van der Waals surface area contributed by atoms with Gasteiger partial charge in [-0.3, -0.25) is 4.79 Å². The Labute approximate surface area is 112 Å². The highest BCUT2D eigenvalue weighted by Crippen LogP contribution is 2.29. The van der Waals surface area contributed by atoms with E-state index < -0.39 is 0 Å². The van der Waals surface area contributed by atoms with Gasteiger partial charge in [0, 0.05) is 24.0 Å². The van der Waals surface area contributed by atoms with Crippen LogP contribution in [0.4, 0.5) is 5.69 Å². The number of halogens is 1. The molecule has 1 saturated heterocycles. The van der Waals surface area contributed by atoms with Crippen molar-refractivity contribution in [3.8, 4) is 6.07 Å². The van der Waals surface area contributed by atoms with E-state index in [-0.39, 0.29) is 11.7 Å². The molecule has 0 bridgehead atoms. The normalized spacial score (nSPS) is 19.4. The van der Waals surface area contributed by atoms with Crippen LogP contribution in [0.15, 0.2) is 18.2 Å². The summed E-state index contributed by atoms with van der Waals surface area (Å²) in [7, 11) is 0. The Balaban J connectivity index is 2.28. The molecule has 0 spiro atoms. The Hall–Kier alpha value is -1.53. The summed E-state index contributed by atoms with van der Waals surface area (Å²) in [6, 6.07) is 7.44. The minimum atomic E-state index is 0.0734. The first-order valence-electron chi connectivity index (χ1n) is 6.07. The number of carbonyl (C=O) groups excluding carboxylic acids is 1. The molecule has 0 N–H and O–H groups in total. The fourth-order valence-electron chi connectivity index (χ4n) is 2.39. The lowest BCUT2D eigenvalue weighted by Gasteiger charge is -2.33. The van der Waals surface area contributed by atoms with Crippen molar-refractivity contribution in [1.29, 1.82) is 5.26 Å². The van der Waals surface area contributed by atoms with E-state index in [2.05, 4.69) is 11.0 Å². The molecule has 4 heteroatoms. The molecule has 0 saturated carbocycles. The van der Waals surface area contributed by atoms with Crippen molar-refractivity contribution in [1.82, 2.24) is 0 Å². The molecule has 1 unspecified atom stereocenters. The van der Waals surface area contributed by atoms with Crippen LogP contribution in [0.2, 0.25) is 5.02 Å². The van der Waals surface area contributed by atoms with Crippen LogP contribution in [-0.2, 0) is 4.79 Å². The summed E-state index contributed by atoms with van der Waals surface area (Å²) in [4.78, 5) is 13.6. The second-order valence-corrected chi connectivity index (χ2v) is 5.11. The van der Waals surface area contributed by atoms with Crippen molar-refractivity contribution in [3.05, 3.63) is 28.8 Å². The van der Waals surface area contributed by atoms with Gasteiger partial charge in [0.2, 0.25) is 0 Å². The molecular formula is C14H15ClN2O. The van der Waals surface area contributed by atoms with Crippen LogP contribution in [0.3, 0.4) is 0 Å². The van der Waals surface area contributed by atoms with Crippen molar-refractivity contribution in [2.24, 2.45) is 5.92 Å². The van der Waals surface area contributed by atoms with Gasteiger partial charge in [-0.15, -0.1) is 0 Å². The molecule has 0 aromatic heterocycles. The van der Waals surface area contributed by atoms with Gasteiger partial charge in [-0.05, 0) is 38.0 Å². The van der Waals surface area contributed by atoms with Crippen LogP contribution in [-0.4, -0.2) is 18.9 Å². The molecule has 1 fully saturated rings. The molecular weight excluding hydrogens is 248 g/mol. The van der Waals surface area contributed by atoms with Gasteiger partial charge in [-0.2, -0.15) is 5.26 Å². The summed E-state index contributed by atoms with van der Waals surface area (Å²) in [5.74, 6) is 0.296. The second kappa shape index (κ2) is 5.41. The Bertz CT molecular complexity index is 507. The van der Waals surface area contributed by atoms with Gasteiger partial charge in [0.1, 0.15) is 11.9 Å². The molecule has 94 valence electrons. The molecule has 1 aromatic rings. The number of nitrogens with zero attached hydrogens (tertiary/aromatic N) is 2. The summed E-state index contributed by atoms with van der Waals surface area (Å²) in [6.45, 7) is 3.19. The van der Waals surface area contributed by atoms with Gasteiger partial charge in [0.15, 0.2) is 0 Å². The minimum absolute atomic E-state index is 0.0734. The zero-order valence-electron chi connectivity index (χ0n) is 10.3. The highest BCUT2D eigenvalue weighted by molar-refractivity contribution is 6.30. The van der Waals surface area contributed by atoms with E-state index in [1.54, 1.807) is 19.1 Å². The molecule has 2 rings (SSSR count). The Kier molecular flexibility index (Phi) is 3.88. The van der Waals surface area contributed by atoms with Crippen molar-refractivity contribution in [2.45, 2.75) is 19.8 Å². The van der Waals surface area contributed by atoms with Crippen LogP contribution in [0.5, 0.6) is 0 Å². The van der Waals surface area contributed by atoms with Crippen molar-refractivity contribution < 1.29 is 4.79 Å². The number of anilines is 1. The van der Waals surface area contributed by atoms with E-state index in [0.717, 1.165) is 25.1 Å². The van der Waals surface area contributed by atoms with E-state index >= 15 is 0 Å². The summed E-state index contributed by atoms with van der Waals surface area (Å²) < 4.78 is 0. The van der Waals surface area contributed by atoms with Gasteiger partial charge in [-0.1, -0.05) is 11.6 Å². The third kappa shape index (κ3) is 2.65. The Morgan fingerprint density at radius 2 is 2.33 bits per heavy atom. The largest absolute Gasteiger partial charge is 0.370 e. The number of hydrogen-bond donors (Lipinski definition) is 0. The maximum atomic E-state index is 11.5. The predicted octanol–water partition coefficient (Wildman–Crippen LogP) is 3.02. The van der Waals surface area contributed by atoms with E-state index in [1.807, 2.05) is 6.07 Å². The topological polar surface area (TPSA) is 44.1 Å². The van der Waals surface area contributed by atoms with E-state index in [1.165, 1.54) is 0 Å². The van der Waals surface area contributed by atoms with Crippen LogP contribution in [0.25, 0.3) is 0 Å². The number of piperidine rings is 1. The molecule has 1 aliphatic heterocycles. The summed E-state index contributed by atoms with van der Waals surface area (Å²) in [5.41, 5.74) is 1.46. The standard InChI is InChI=1S/C14H15ClN2O/c1-10(18)12-3-2-6-17(9-12)14-7-13(15)5-4-11(14)8-16/h4-5,7,12H,2-3,6,9H2,1H3. The van der Waals surface area contributed by atoms with Crippen molar-refractivity contribution in [3.63, 3.8) is 0 Å². The second-order valence-electron chi connectivity index (χ2n) is 4.67. The van der Waals surface area contributed by atoms with E-state index in [4.69, 9.17) is 16.9 Å². The minimum Gasteiger partial charge on any atom is -0.370 e. The number of benzene rings is 1. The smallest absolute Gasteiger partial charge is 0.134 e. The number of carbonyl (C=O) groups is 1. The number of hydrogen-bond acceptors (Lipinski definition) is 3. The maximum Gasteiger partial charge on any atom is 0.134 e. The molecule has 1 aliphatic rings. The third-order valence-corrected chi connectivity index (χ3v) is 3.65. The predicted molar refractivity (Wildman–Crippen MR) is 71.8 cm³/mol. The van der Waals surface area contributed by atoms with Crippen molar-refractivity contribution >= 4 is 23.1 Å². The number of ketones is 1. The lowest BCUT2D eigenvalue weighted by Crippen LogP contribution is -2.38. The molecule has 0 radical (unpaired) electrons. The lowest BCUT2D eigenvalue weighted by atomic mass is 9.94. The van der Waals surface area contributed by atoms with Crippen LogP contribution < -0.4 is 4.90 Å². The molecule has 1 heterocycles. The third-order valence-electron chi connectivity index (χ3n) is 3.42. The quantitative estimate of drug-likeness (QED) is 0.823. The number of Topliss-reactive ketones (excluding diaryl/α,β-unsaturated/α-hetero) is 1. The summed E-state index contributed by atoms with van der Waals surface area (Å²) >= 11 is 5.99. The van der Waals surface area contributed by atoms with Crippen LogP contribution in [0.1, 0.15) is 25.3 Å². The average Bonchev–Trinajstić information content (AvgIpc) is 2.39. The van der Waals surface area contributed by atoms with Crippen LogP contribution in [0, 0.1) is 17.2 Å². The molecule has 18 heavy (non-hydrogen) atoms. The highest BCUT2D eigenvalue weighted by Gasteiger charge is 2.24. The number of rotatable bonds is 2. The molecule has 0 aliphatic carbocycles. The maximum absolute atomic E-state index is 11.5. The van der Waals surface area contributed by atoms with Gasteiger partial charge < -0.3 is 4.90 Å². The van der Waals surface area contributed by atoms with Crippen molar-refractivity contribution in [2.75, 3.05) is 18.0 Å². The first kappa shape index (κ1) is 12.9. The highest BCUT2D eigenvalue weighted by atomic mass is 35.5. The summed E-state index contributed by atoms with van der Waals surface area (Å²) in [6.07, 6.45) is 1.91. The average molecular weight is 263 g/mol. The number of nitriles is 1. The molecule has 3 nitrogen and oxygen atoms in total. The lowest BCUT2D eigenvalue weighted by molar-refractivity contribution is -0.120. The summed E-state index contributed by atoms with van der Waals surface area (Å²) in [5, 5.41) is 9.75. The Morgan fingerprint density at radius 3 is 3.00 bits per heavy atom. The zero-order chi connectivity index (χ0) is 13.1. The van der Waals surface area contributed by atoms with Gasteiger partial charge in [-0.25, -0.2) is 0 Å². The van der Waals surface area contributed by atoms with E-state index in [0.29, 0.717) is 17.1 Å². The van der Waals surface area contributed by atoms with Gasteiger partial charge in [0.25, 0.3) is 0 Å². The monoisotopic (exact) mass is 262 g/mol. The van der Waals surface area contributed by atoms with Gasteiger partial charge >= 0.3 is 0 Å². The fourth-order valence-corrected chi connectivity index (χ4v) is 2.56.